The first-order chi connectivity index (χ1) is 12.3. The van der Waals surface area contributed by atoms with Crippen molar-refractivity contribution in [1.82, 2.24) is 10.2 Å². The van der Waals surface area contributed by atoms with Crippen LogP contribution in [0.2, 0.25) is 0 Å². The quantitative estimate of drug-likeness (QED) is 0.909. The van der Waals surface area contributed by atoms with E-state index in [9.17, 15) is 22.8 Å². The first kappa shape index (κ1) is 18.0. The zero-order valence-corrected chi connectivity index (χ0v) is 13.8. The van der Waals surface area contributed by atoms with Crippen LogP contribution in [0, 0.1) is 0 Å². The number of nitrogens with zero attached hydrogens (tertiary/aromatic N) is 1. The second-order valence-corrected chi connectivity index (χ2v) is 6.16. The summed E-state index contributed by atoms with van der Waals surface area (Å²) in [7, 11) is 0. The van der Waals surface area contributed by atoms with Gasteiger partial charge in [0.05, 0.1) is 12.1 Å². The third-order valence-electron chi connectivity index (χ3n) is 4.24. The lowest BCUT2D eigenvalue weighted by Crippen LogP contribution is -2.58. The van der Waals surface area contributed by atoms with Gasteiger partial charge in [-0.2, -0.15) is 13.2 Å². The van der Waals surface area contributed by atoms with Gasteiger partial charge in [-0.1, -0.05) is 48.5 Å². The first-order valence-electron chi connectivity index (χ1n) is 8.12. The molecule has 7 heteroatoms. The Labute approximate surface area is 148 Å². The number of hydrogen-bond acceptors (Lipinski definition) is 2. The topological polar surface area (TPSA) is 49.4 Å². The van der Waals surface area contributed by atoms with Crippen LogP contribution in [0.25, 0.3) is 0 Å². The molecule has 2 aromatic carbocycles. The molecule has 1 heterocycles. The van der Waals surface area contributed by atoms with Gasteiger partial charge < -0.3 is 10.2 Å². The van der Waals surface area contributed by atoms with E-state index >= 15 is 0 Å². The van der Waals surface area contributed by atoms with E-state index in [1.54, 1.807) is 0 Å². The summed E-state index contributed by atoms with van der Waals surface area (Å²) in [5.74, 6) is -0.763. The molecule has 1 aliphatic rings. The lowest BCUT2D eigenvalue weighted by atomic mass is 9.97. The molecule has 0 aromatic heterocycles. The monoisotopic (exact) mass is 362 g/mol. The van der Waals surface area contributed by atoms with Crippen molar-refractivity contribution in [1.29, 1.82) is 0 Å². The van der Waals surface area contributed by atoms with Gasteiger partial charge in [0.2, 0.25) is 11.8 Å². The zero-order chi connectivity index (χ0) is 18.7. The largest absolute Gasteiger partial charge is 0.416 e. The fraction of sp³-hybridized carbons (Fsp3) is 0.263. The molecule has 1 N–H and O–H groups in total. The number of rotatable bonds is 4. The van der Waals surface area contributed by atoms with Crippen molar-refractivity contribution in [2.24, 2.45) is 0 Å². The van der Waals surface area contributed by atoms with Crippen molar-refractivity contribution in [3.05, 3.63) is 71.3 Å². The van der Waals surface area contributed by atoms with E-state index in [4.69, 9.17) is 0 Å². The van der Waals surface area contributed by atoms with E-state index < -0.39 is 17.8 Å². The Morgan fingerprint density at radius 3 is 2.35 bits per heavy atom. The van der Waals surface area contributed by atoms with Crippen LogP contribution in [-0.2, 0) is 28.7 Å². The molecule has 1 aliphatic heterocycles. The molecular formula is C19H17F3N2O2. The molecule has 2 aromatic rings. The van der Waals surface area contributed by atoms with E-state index in [1.165, 1.54) is 23.1 Å². The molecule has 4 nitrogen and oxygen atoms in total. The van der Waals surface area contributed by atoms with Crippen molar-refractivity contribution in [3.8, 4) is 0 Å². The molecule has 0 bridgehead atoms. The number of alkyl halides is 3. The fourth-order valence-corrected chi connectivity index (χ4v) is 3.04. The zero-order valence-electron chi connectivity index (χ0n) is 13.8. The third-order valence-corrected chi connectivity index (χ3v) is 4.24. The Hall–Kier alpha value is -2.83. The number of benzene rings is 2. The van der Waals surface area contributed by atoms with Crippen LogP contribution < -0.4 is 5.32 Å². The Bertz CT molecular complexity index is 806. The Kier molecular flexibility index (Phi) is 4.97. The highest BCUT2D eigenvalue weighted by molar-refractivity contribution is 5.95. The van der Waals surface area contributed by atoms with E-state index in [-0.39, 0.29) is 36.9 Å². The molecule has 2 amide bonds. The summed E-state index contributed by atoms with van der Waals surface area (Å²) in [5.41, 5.74) is 0.0486. The van der Waals surface area contributed by atoms with Crippen LogP contribution in [0.1, 0.15) is 16.7 Å². The minimum Gasteiger partial charge on any atom is -0.342 e. The minimum atomic E-state index is -4.51. The van der Waals surface area contributed by atoms with Crippen molar-refractivity contribution in [2.45, 2.75) is 25.2 Å². The van der Waals surface area contributed by atoms with E-state index in [2.05, 4.69) is 5.32 Å². The molecule has 3 rings (SSSR count). The van der Waals surface area contributed by atoms with Gasteiger partial charge in [0.15, 0.2) is 0 Å². The normalized spacial score (nSPS) is 18.0. The number of amides is 2. The molecule has 1 saturated heterocycles. The van der Waals surface area contributed by atoms with Gasteiger partial charge in [0.25, 0.3) is 0 Å². The van der Waals surface area contributed by atoms with Gasteiger partial charge in [-0.05, 0) is 17.2 Å². The maximum absolute atomic E-state index is 13.2. The number of hydrogen-bond donors (Lipinski definition) is 1. The molecule has 0 spiro atoms. The highest BCUT2D eigenvalue weighted by Crippen LogP contribution is 2.32. The van der Waals surface area contributed by atoms with Gasteiger partial charge in [0, 0.05) is 13.0 Å². The Morgan fingerprint density at radius 2 is 1.65 bits per heavy atom. The maximum atomic E-state index is 13.2. The summed E-state index contributed by atoms with van der Waals surface area (Å²) >= 11 is 0. The number of carbonyl (C=O) groups excluding carboxylic acids is 2. The van der Waals surface area contributed by atoms with E-state index in [1.807, 2.05) is 30.3 Å². The average Bonchev–Trinajstić information content (AvgIpc) is 2.59. The van der Waals surface area contributed by atoms with Crippen LogP contribution in [-0.4, -0.2) is 29.3 Å². The summed E-state index contributed by atoms with van der Waals surface area (Å²) in [5, 5.41) is 2.51. The van der Waals surface area contributed by atoms with Crippen LogP contribution >= 0.6 is 0 Å². The summed E-state index contributed by atoms with van der Waals surface area (Å²) in [6, 6.07) is 13.2. The number of piperazine rings is 1. The second kappa shape index (κ2) is 7.19. The van der Waals surface area contributed by atoms with Gasteiger partial charge in [-0.25, -0.2) is 0 Å². The summed E-state index contributed by atoms with van der Waals surface area (Å²) < 4.78 is 39.5. The fourth-order valence-electron chi connectivity index (χ4n) is 3.04. The van der Waals surface area contributed by atoms with Crippen molar-refractivity contribution < 1.29 is 22.8 Å². The summed E-state index contributed by atoms with van der Waals surface area (Å²) in [6.45, 7) is 0.135. The molecule has 0 aliphatic carbocycles. The van der Waals surface area contributed by atoms with E-state index in [0.717, 1.165) is 11.6 Å². The Morgan fingerprint density at radius 1 is 1.00 bits per heavy atom. The molecule has 26 heavy (non-hydrogen) atoms. The second-order valence-electron chi connectivity index (χ2n) is 6.16. The van der Waals surface area contributed by atoms with Gasteiger partial charge in [-0.15, -0.1) is 0 Å². The molecule has 0 unspecified atom stereocenters. The molecule has 136 valence electrons. The SMILES string of the molecule is O=C1CN(Cc2ccccc2)C(=O)[C@@H](Cc2ccccc2C(F)(F)F)N1. The number of halogens is 3. The van der Waals surface area contributed by atoms with Crippen LogP contribution in [0.4, 0.5) is 13.2 Å². The van der Waals surface area contributed by atoms with Crippen molar-refractivity contribution in [3.63, 3.8) is 0 Å². The molecular weight excluding hydrogens is 345 g/mol. The van der Waals surface area contributed by atoms with Gasteiger partial charge in [-0.3, -0.25) is 9.59 Å². The molecule has 1 atom stereocenters. The predicted octanol–water partition coefficient (Wildman–Crippen LogP) is 2.78. The van der Waals surface area contributed by atoms with Gasteiger partial charge >= 0.3 is 6.18 Å². The van der Waals surface area contributed by atoms with E-state index in [0.29, 0.717) is 0 Å². The van der Waals surface area contributed by atoms with Crippen LogP contribution in [0.3, 0.4) is 0 Å². The van der Waals surface area contributed by atoms with Crippen molar-refractivity contribution >= 4 is 11.8 Å². The first-order valence-corrected chi connectivity index (χ1v) is 8.12. The molecule has 1 fully saturated rings. The Balaban J connectivity index is 1.80. The third kappa shape index (κ3) is 4.04. The van der Waals surface area contributed by atoms with Crippen LogP contribution in [0.15, 0.2) is 54.6 Å². The number of nitrogens with one attached hydrogen (secondary N) is 1. The highest BCUT2D eigenvalue weighted by Gasteiger charge is 2.37. The maximum Gasteiger partial charge on any atom is 0.416 e. The lowest BCUT2D eigenvalue weighted by molar-refractivity contribution is -0.145. The summed E-state index contributed by atoms with van der Waals surface area (Å²) in [6.07, 6.45) is -4.71. The minimum absolute atomic E-state index is 0.0137. The van der Waals surface area contributed by atoms with Gasteiger partial charge in [0.1, 0.15) is 6.04 Å². The van der Waals surface area contributed by atoms with Crippen LogP contribution in [0.5, 0.6) is 0 Å². The average molecular weight is 362 g/mol. The highest BCUT2D eigenvalue weighted by atomic mass is 19.4. The van der Waals surface area contributed by atoms with Crippen molar-refractivity contribution in [2.75, 3.05) is 6.54 Å². The number of carbonyl (C=O) groups is 2. The standard InChI is InChI=1S/C19H17F3N2O2/c20-19(21,22)15-9-5-4-8-14(15)10-16-18(26)24(12-17(25)23-16)11-13-6-2-1-3-7-13/h1-9,16H,10-12H2,(H,23,25)/t16-/m1/s1. The smallest absolute Gasteiger partial charge is 0.342 e. The summed E-state index contributed by atoms with van der Waals surface area (Å²) in [4.78, 5) is 26.0. The molecule has 0 saturated carbocycles. The lowest BCUT2D eigenvalue weighted by Gasteiger charge is -2.33. The molecule has 0 radical (unpaired) electrons. The predicted molar refractivity (Wildman–Crippen MR) is 88.9 cm³/mol.